The van der Waals surface area contributed by atoms with E-state index in [0.717, 1.165) is 10.5 Å². The summed E-state index contributed by atoms with van der Waals surface area (Å²) in [7, 11) is 0. The average Bonchev–Trinajstić information content (AvgIpc) is 2.71. The first-order chi connectivity index (χ1) is 9.65. The minimum absolute atomic E-state index is 0.128. The van der Waals surface area contributed by atoms with Crippen molar-refractivity contribution < 1.29 is 9.59 Å². The van der Waals surface area contributed by atoms with Crippen LogP contribution in [0.5, 0.6) is 0 Å². The molecule has 1 aromatic carbocycles. The maximum absolute atomic E-state index is 12.3. The second kappa shape index (κ2) is 4.28. The van der Waals surface area contributed by atoms with Gasteiger partial charge in [0.1, 0.15) is 11.8 Å². The summed E-state index contributed by atoms with van der Waals surface area (Å²) in [6, 6.07) is 10.3. The number of rotatable bonds is 1. The van der Waals surface area contributed by atoms with Gasteiger partial charge >= 0.3 is 0 Å². The zero-order valence-corrected chi connectivity index (χ0v) is 10.6. The molecule has 20 heavy (non-hydrogen) atoms. The van der Waals surface area contributed by atoms with Gasteiger partial charge in [-0.25, -0.2) is 4.90 Å². The van der Waals surface area contributed by atoms with Crippen molar-refractivity contribution in [2.75, 3.05) is 4.90 Å². The zero-order chi connectivity index (χ0) is 14.3. The number of hydrogen-bond acceptors (Lipinski definition) is 4. The van der Waals surface area contributed by atoms with Crippen molar-refractivity contribution in [1.29, 1.82) is 5.26 Å². The number of carbonyl (C=O) groups excluding carboxylic acids is 2. The second-order valence-corrected chi connectivity index (χ2v) is 4.43. The van der Waals surface area contributed by atoms with Crippen molar-refractivity contribution in [2.45, 2.75) is 6.92 Å². The van der Waals surface area contributed by atoms with Crippen molar-refractivity contribution in [3.05, 3.63) is 58.9 Å². The first kappa shape index (κ1) is 12.1. The number of nitriles is 1. The normalized spacial score (nSPS) is 13.3. The smallest absolute Gasteiger partial charge is 0.268 e. The fraction of sp³-hybridized carbons (Fsp3) is 0.0667. The molecule has 96 valence electrons. The number of pyridine rings is 1. The summed E-state index contributed by atoms with van der Waals surface area (Å²) in [6.07, 6.45) is 1.47. The highest BCUT2D eigenvalue weighted by Gasteiger charge is 2.38. The standard InChI is InChI=1S/C15H9N3O2/c1-9-4-2-6-12(11(9)8-16)18-14(19)10-5-3-7-17-13(10)15(18)20/h2-7H,1H3. The van der Waals surface area contributed by atoms with E-state index in [4.69, 9.17) is 0 Å². The molecule has 0 aliphatic carbocycles. The Morgan fingerprint density at radius 1 is 1.15 bits per heavy atom. The minimum Gasteiger partial charge on any atom is -0.268 e. The molecular weight excluding hydrogens is 254 g/mol. The van der Waals surface area contributed by atoms with Crippen LogP contribution in [0.15, 0.2) is 36.5 Å². The Balaban J connectivity index is 2.20. The number of amides is 2. The van der Waals surface area contributed by atoms with E-state index in [9.17, 15) is 14.9 Å². The number of aromatic nitrogens is 1. The maximum atomic E-state index is 12.3. The zero-order valence-electron chi connectivity index (χ0n) is 10.6. The van der Waals surface area contributed by atoms with E-state index >= 15 is 0 Å². The van der Waals surface area contributed by atoms with Gasteiger partial charge in [-0.1, -0.05) is 12.1 Å². The number of imide groups is 1. The van der Waals surface area contributed by atoms with Crippen LogP contribution >= 0.6 is 0 Å². The number of hydrogen-bond donors (Lipinski definition) is 0. The van der Waals surface area contributed by atoms with Crippen molar-refractivity contribution in [3.63, 3.8) is 0 Å². The Morgan fingerprint density at radius 3 is 2.65 bits per heavy atom. The van der Waals surface area contributed by atoms with Gasteiger partial charge in [-0.2, -0.15) is 5.26 Å². The van der Waals surface area contributed by atoms with Crippen molar-refractivity contribution in [2.24, 2.45) is 0 Å². The molecule has 0 unspecified atom stereocenters. The molecule has 5 nitrogen and oxygen atoms in total. The van der Waals surface area contributed by atoms with Crippen LogP contribution in [-0.2, 0) is 0 Å². The van der Waals surface area contributed by atoms with E-state index in [-0.39, 0.29) is 11.3 Å². The molecule has 0 radical (unpaired) electrons. The molecule has 5 heteroatoms. The molecule has 0 spiro atoms. The number of carbonyl (C=O) groups is 2. The molecule has 0 N–H and O–H groups in total. The third-order valence-corrected chi connectivity index (χ3v) is 3.25. The molecule has 0 atom stereocenters. The Labute approximate surface area is 115 Å². The van der Waals surface area contributed by atoms with Crippen LogP contribution in [0.3, 0.4) is 0 Å². The van der Waals surface area contributed by atoms with Crippen LogP contribution in [0.4, 0.5) is 5.69 Å². The van der Waals surface area contributed by atoms with E-state index in [1.54, 1.807) is 37.3 Å². The van der Waals surface area contributed by atoms with Crippen LogP contribution in [0.1, 0.15) is 32.0 Å². The molecular formula is C15H9N3O2. The number of benzene rings is 1. The first-order valence-corrected chi connectivity index (χ1v) is 5.98. The molecule has 1 aliphatic heterocycles. The summed E-state index contributed by atoms with van der Waals surface area (Å²) in [5.41, 5.74) is 1.74. The van der Waals surface area contributed by atoms with Gasteiger partial charge in [0.2, 0.25) is 0 Å². The Hall–Kier alpha value is -3.00. The van der Waals surface area contributed by atoms with Crippen molar-refractivity contribution >= 4 is 17.5 Å². The first-order valence-electron chi connectivity index (χ1n) is 5.98. The predicted octanol–water partition coefficient (Wildman–Crippen LogP) is 2.06. The monoisotopic (exact) mass is 263 g/mol. The summed E-state index contributed by atoms with van der Waals surface area (Å²) < 4.78 is 0. The van der Waals surface area contributed by atoms with E-state index in [1.165, 1.54) is 6.20 Å². The quantitative estimate of drug-likeness (QED) is 0.738. The summed E-state index contributed by atoms with van der Waals surface area (Å²) in [5, 5.41) is 9.23. The lowest BCUT2D eigenvalue weighted by Crippen LogP contribution is -2.30. The number of anilines is 1. The van der Waals surface area contributed by atoms with Gasteiger partial charge in [-0.15, -0.1) is 0 Å². The lowest BCUT2D eigenvalue weighted by atomic mass is 10.1. The van der Waals surface area contributed by atoms with E-state index in [2.05, 4.69) is 4.98 Å². The van der Waals surface area contributed by atoms with Gasteiger partial charge in [-0.05, 0) is 30.7 Å². The van der Waals surface area contributed by atoms with Crippen LogP contribution in [0.2, 0.25) is 0 Å². The maximum Gasteiger partial charge on any atom is 0.284 e. The minimum atomic E-state index is -0.493. The molecule has 1 aromatic heterocycles. The Kier molecular flexibility index (Phi) is 2.58. The molecule has 1 aliphatic rings. The van der Waals surface area contributed by atoms with Gasteiger partial charge in [0.15, 0.2) is 0 Å². The molecule has 0 bridgehead atoms. The fourth-order valence-corrected chi connectivity index (χ4v) is 2.27. The van der Waals surface area contributed by atoms with Gasteiger partial charge < -0.3 is 0 Å². The van der Waals surface area contributed by atoms with Crippen LogP contribution in [0.25, 0.3) is 0 Å². The number of fused-ring (bicyclic) bond motifs is 1. The Bertz CT molecular complexity index is 755. The number of aryl methyl sites for hydroxylation is 1. The molecule has 0 saturated heterocycles. The van der Waals surface area contributed by atoms with Gasteiger partial charge in [0.05, 0.1) is 16.8 Å². The van der Waals surface area contributed by atoms with Crippen LogP contribution in [0, 0.1) is 18.3 Å². The Morgan fingerprint density at radius 2 is 1.95 bits per heavy atom. The van der Waals surface area contributed by atoms with E-state index < -0.39 is 11.8 Å². The molecule has 2 aromatic rings. The van der Waals surface area contributed by atoms with E-state index in [1.807, 2.05) is 6.07 Å². The van der Waals surface area contributed by atoms with Crippen LogP contribution in [-0.4, -0.2) is 16.8 Å². The molecule has 0 fully saturated rings. The average molecular weight is 263 g/mol. The van der Waals surface area contributed by atoms with E-state index in [0.29, 0.717) is 11.3 Å². The van der Waals surface area contributed by atoms with Gasteiger partial charge in [0.25, 0.3) is 11.8 Å². The molecule has 3 rings (SSSR count). The lowest BCUT2D eigenvalue weighted by Gasteiger charge is -2.16. The highest BCUT2D eigenvalue weighted by molar-refractivity contribution is 6.34. The summed E-state index contributed by atoms with van der Waals surface area (Å²) in [4.78, 5) is 29.6. The molecule has 2 amide bonds. The highest BCUT2D eigenvalue weighted by atomic mass is 16.2. The van der Waals surface area contributed by atoms with Gasteiger partial charge in [-0.3, -0.25) is 14.6 Å². The molecule has 0 saturated carbocycles. The van der Waals surface area contributed by atoms with Crippen molar-refractivity contribution in [3.8, 4) is 6.07 Å². The third kappa shape index (κ3) is 1.52. The van der Waals surface area contributed by atoms with Crippen molar-refractivity contribution in [1.82, 2.24) is 4.98 Å². The topological polar surface area (TPSA) is 74.1 Å². The summed E-state index contributed by atoms with van der Waals surface area (Å²) >= 11 is 0. The molecule has 2 heterocycles. The van der Waals surface area contributed by atoms with Gasteiger partial charge in [0, 0.05) is 6.20 Å². The largest absolute Gasteiger partial charge is 0.284 e. The SMILES string of the molecule is Cc1cccc(N2C(=O)c3cccnc3C2=O)c1C#N. The third-order valence-electron chi connectivity index (χ3n) is 3.25. The van der Waals surface area contributed by atoms with Crippen LogP contribution < -0.4 is 4.90 Å². The fourth-order valence-electron chi connectivity index (χ4n) is 2.27. The lowest BCUT2D eigenvalue weighted by molar-refractivity contribution is 0.0924. The summed E-state index contributed by atoms with van der Waals surface area (Å²) in [5.74, 6) is -0.937. The number of nitrogens with zero attached hydrogens (tertiary/aromatic N) is 3. The summed E-state index contributed by atoms with van der Waals surface area (Å²) in [6.45, 7) is 1.76. The highest BCUT2D eigenvalue weighted by Crippen LogP contribution is 2.30. The predicted molar refractivity (Wildman–Crippen MR) is 71.3 cm³/mol. The second-order valence-electron chi connectivity index (χ2n) is 4.43.